The Morgan fingerprint density at radius 3 is 2.50 bits per heavy atom. The van der Waals surface area contributed by atoms with Gasteiger partial charge in [0.15, 0.2) is 17.5 Å². The molecule has 2 rings (SSSR count). The van der Waals surface area contributed by atoms with Crippen LogP contribution in [0.3, 0.4) is 0 Å². The fourth-order valence-electron chi connectivity index (χ4n) is 3.72. The molecule has 2 unspecified atom stereocenters. The number of benzene rings is 1. The molecule has 26 heavy (non-hydrogen) atoms. The van der Waals surface area contributed by atoms with Gasteiger partial charge in [-0.15, -0.1) is 0 Å². The Balaban J connectivity index is 1.71. The van der Waals surface area contributed by atoms with Crippen molar-refractivity contribution < 1.29 is 9.47 Å². The minimum Gasteiger partial charge on any atom is -0.493 e. The number of hydrogen-bond donors (Lipinski definition) is 2. The minimum atomic E-state index is 0.428. The molecule has 146 valence electrons. The summed E-state index contributed by atoms with van der Waals surface area (Å²) < 4.78 is 10.5. The predicted octanol–water partition coefficient (Wildman–Crippen LogP) is 3.19. The van der Waals surface area contributed by atoms with Crippen molar-refractivity contribution in [2.45, 2.75) is 33.1 Å². The molecule has 0 amide bonds. The Labute approximate surface area is 157 Å². The van der Waals surface area contributed by atoms with E-state index in [0.717, 1.165) is 43.5 Å². The Bertz CT molecular complexity index is 581. The summed E-state index contributed by atoms with van der Waals surface area (Å²) in [6, 6.07) is 5.58. The van der Waals surface area contributed by atoms with Gasteiger partial charge in [-0.2, -0.15) is 0 Å². The van der Waals surface area contributed by atoms with E-state index in [4.69, 9.17) is 15.2 Å². The number of unbranched alkanes of at least 4 members (excludes halogenated alkanes) is 1. The number of methoxy groups -OCH3 is 2. The van der Waals surface area contributed by atoms with Crippen molar-refractivity contribution in [1.82, 2.24) is 4.90 Å². The number of ether oxygens (including phenoxy) is 2. The van der Waals surface area contributed by atoms with Crippen molar-refractivity contribution in [3.63, 3.8) is 0 Å². The molecule has 1 saturated heterocycles. The van der Waals surface area contributed by atoms with Gasteiger partial charge in [0.2, 0.25) is 0 Å². The number of nitrogens with one attached hydrogen (secondary N) is 1. The molecule has 0 aliphatic carbocycles. The first-order valence-corrected chi connectivity index (χ1v) is 9.53. The Morgan fingerprint density at radius 2 is 1.85 bits per heavy atom. The second-order valence-corrected chi connectivity index (χ2v) is 7.37. The van der Waals surface area contributed by atoms with Gasteiger partial charge in [0, 0.05) is 31.4 Å². The zero-order valence-corrected chi connectivity index (χ0v) is 16.6. The summed E-state index contributed by atoms with van der Waals surface area (Å²) in [5.41, 5.74) is 6.82. The van der Waals surface area contributed by atoms with Gasteiger partial charge in [-0.3, -0.25) is 4.99 Å². The second kappa shape index (κ2) is 10.3. The monoisotopic (exact) mass is 362 g/mol. The first kappa shape index (κ1) is 20.4. The fourth-order valence-corrected chi connectivity index (χ4v) is 3.72. The normalized spacial score (nSPS) is 21.5. The van der Waals surface area contributed by atoms with Crippen LogP contribution in [0.4, 0.5) is 5.69 Å². The van der Waals surface area contributed by atoms with E-state index in [9.17, 15) is 0 Å². The molecule has 1 heterocycles. The fraction of sp³-hybridized carbons (Fsp3) is 0.650. The van der Waals surface area contributed by atoms with Gasteiger partial charge >= 0.3 is 0 Å². The van der Waals surface area contributed by atoms with Crippen LogP contribution in [0.2, 0.25) is 0 Å². The van der Waals surface area contributed by atoms with E-state index in [1.165, 1.54) is 19.5 Å². The number of rotatable bonds is 8. The maximum atomic E-state index is 5.99. The molecule has 0 aromatic heterocycles. The summed E-state index contributed by atoms with van der Waals surface area (Å²) in [6.45, 7) is 9.08. The summed E-state index contributed by atoms with van der Waals surface area (Å²) in [7, 11) is 3.23. The van der Waals surface area contributed by atoms with E-state index in [2.05, 4.69) is 29.1 Å². The Kier molecular flexibility index (Phi) is 8.04. The van der Waals surface area contributed by atoms with Gasteiger partial charge in [0.1, 0.15) is 0 Å². The molecule has 0 bridgehead atoms. The number of likely N-dealkylation sites (tertiary alicyclic amines) is 1. The lowest BCUT2D eigenvalue weighted by Crippen LogP contribution is -2.39. The maximum absolute atomic E-state index is 5.99. The second-order valence-electron chi connectivity index (χ2n) is 7.37. The molecule has 0 radical (unpaired) electrons. The number of anilines is 1. The van der Waals surface area contributed by atoms with Gasteiger partial charge < -0.3 is 25.4 Å². The molecule has 1 fully saturated rings. The van der Waals surface area contributed by atoms with E-state index in [-0.39, 0.29) is 0 Å². The van der Waals surface area contributed by atoms with Crippen LogP contribution in [-0.2, 0) is 0 Å². The number of nitrogens with two attached hydrogens (primary N) is 1. The van der Waals surface area contributed by atoms with E-state index in [1.54, 1.807) is 14.2 Å². The minimum absolute atomic E-state index is 0.428. The Hall–Kier alpha value is -1.95. The number of guanidine groups is 1. The molecule has 0 saturated carbocycles. The average Bonchev–Trinajstić information content (AvgIpc) is 2.60. The van der Waals surface area contributed by atoms with Gasteiger partial charge in [0.05, 0.1) is 14.2 Å². The summed E-state index contributed by atoms with van der Waals surface area (Å²) in [4.78, 5) is 7.01. The van der Waals surface area contributed by atoms with Gasteiger partial charge in [-0.1, -0.05) is 13.8 Å². The van der Waals surface area contributed by atoms with Crippen molar-refractivity contribution in [3.8, 4) is 11.5 Å². The van der Waals surface area contributed by atoms with E-state index >= 15 is 0 Å². The Morgan fingerprint density at radius 1 is 1.15 bits per heavy atom. The maximum Gasteiger partial charge on any atom is 0.193 e. The highest BCUT2D eigenvalue weighted by Gasteiger charge is 2.20. The van der Waals surface area contributed by atoms with Crippen LogP contribution in [0.5, 0.6) is 11.5 Å². The molecule has 3 N–H and O–H groups in total. The quantitative estimate of drug-likeness (QED) is 0.422. The van der Waals surface area contributed by atoms with E-state index in [1.807, 2.05) is 18.2 Å². The third-order valence-electron chi connectivity index (χ3n) is 4.77. The van der Waals surface area contributed by atoms with E-state index < -0.39 is 0 Å². The third-order valence-corrected chi connectivity index (χ3v) is 4.77. The van der Waals surface area contributed by atoms with E-state index in [0.29, 0.717) is 17.5 Å². The lowest BCUT2D eigenvalue weighted by Gasteiger charge is -2.34. The summed E-state index contributed by atoms with van der Waals surface area (Å²) in [6.07, 6.45) is 3.57. The van der Waals surface area contributed by atoms with Gasteiger partial charge in [-0.25, -0.2) is 0 Å². The molecule has 0 spiro atoms. The van der Waals surface area contributed by atoms with Crippen LogP contribution in [0.25, 0.3) is 0 Å². The van der Waals surface area contributed by atoms with Crippen LogP contribution in [0, 0.1) is 11.8 Å². The molecular formula is C20H34N4O2. The van der Waals surface area contributed by atoms with Crippen LogP contribution < -0.4 is 20.5 Å². The number of aliphatic imine (C=N–C) groups is 1. The number of piperidine rings is 1. The van der Waals surface area contributed by atoms with Crippen molar-refractivity contribution in [2.24, 2.45) is 22.6 Å². The van der Waals surface area contributed by atoms with Crippen molar-refractivity contribution >= 4 is 11.6 Å². The average molecular weight is 363 g/mol. The van der Waals surface area contributed by atoms with Crippen molar-refractivity contribution in [3.05, 3.63) is 18.2 Å². The molecule has 6 heteroatoms. The summed E-state index contributed by atoms with van der Waals surface area (Å²) >= 11 is 0. The highest BCUT2D eigenvalue weighted by atomic mass is 16.5. The summed E-state index contributed by atoms with van der Waals surface area (Å²) in [5.74, 6) is 3.42. The van der Waals surface area contributed by atoms with Crippen LogP contribution in [-0.4, -0.2) is 51.3 Å². The van der Waals surface area contributed by atoms with Crippen LogP contribution >= 0.6 is 0 Å². The highest BCUT2D eigenvalue weighted by molar-refractivity contribution is 5.92. The zero-order valence-electron chi connectivity index (χ0n) is 16.6. The zero-order chi connectivity index (χ0) is 18.9. The first-order chi connectivity index (χ1) is 12.5. The first-order valence-electron chi connectivity index (χ1n) is 9.53. The lowest BCUT2D eigenvalue weighted by molar-refractivity contribution is 0.139. The SMILES string of the molecule is COc1ccc(NC(N)=NCCCCN2CC(C)CC(C)C2)cc1OC. The lowest BCUT2D eigenvalue weighted by atomic mass is 9.92. The predicted molar refractivity (Wildman–Crippen MR) is 108 cm³/mol. The van der Waals surface area contributed by atoms with Crippen LogP contribution in [0.15, 0.2) is 23.2 Å². The third kappa shape index (κ3) is 6.41. The molecule has 1 aromatic rings. The molecule has 1 aliphatic rings. The molecule has 2 atom stereocenters. The smallest absolute Gasteiger partial charge is 0.193 e. The summed E-state index contributed by atoms with van der Waals surface area (Å²) in [5, 5.41) is 3.10. The number of hydrogen-bond acceptors (Lipinski definition) is 4. The van der Waals surface area contributed by atoms with Gasteiger partial charge in [0.25, 0.3) is 0 Å². The largest absolute Gasteiger partial charge is 0.493 e. The topological polar surface area (TPSA) is 72.1 Å². The van der Waals surface area contributed by atoms with Crippen molar-refractivity contribution in [1.29, 1.82) is 0 Å². The van der Waals surface area contributed by atoms with Crippen LogP contribution in [0.1, 0.15) is 33.1 Å². The molecule has 1 aromatic carbocycles. The number of nitrogens with zero attached hydrogens (tertiary/aromatic N) is 2. The molecular weight excluding hydrogens is 328 g/mol. The molecule has 1 aliphatic heterocycles. The molecule has 6 nitrogen and oxygen atoms in total. The highest BCUT2D eigenvalue weighted by Crippen LogP contribution is 2.29. The van der Waals surface area contributed by atoms with Gasteiger partial charge in [-0.05, 0) is 49.8 Å². The van der Waals surface area contributed by atoms with Crippen molar-refractivity contribution in [2.75, 3.05) is 45.7 Å². The standard InChI is InChI=1S/C20H34N4O2/c1-15-11-16(2)14-24(13-15)10-6-5-9-22-20(21)23-17-7-8-18(25-3)19(12-17)26-4/h7-8,12,15-16H,5-6,9-11,13-14H2,1-4H3,(H3,21,22,23).